The van der Waals surface area contributed by atoms with E-state index in [0.717, 1.165) is 38.0 Å². The quantitative estimate of drug-likeness (QED) is 0.826. The van der Waals surface area contributed by atoms with Gasteiger partial charge in [-0.15, -0.1) is 0 Å². The molecule has 3 nitrogen and oxygen atoms in total. The molecule has 1 heterocycles. The van der Waals surface area contributed by atoms with Gasteiger partial charge in [0.15, 0.2) is 0 Å². The monoisotopic (exact) mass is 350 g/mol. The van der Waals surface area contributed by atoms with Crippen LogP contribution in [-0.2, 0) is 11.2 Å². The second-order valence-electron chi connectivity index (χ2n) is 7.44. The van der Waals surface area contributed by atoms with E-state index >= 15 is 0 Å². The van der Waals surface area contributed by atoms with E-state index in [0.29, 0.717) is 18.9 Å². The van der Waals surface area contributed by atoms with E-state index in [9.17, 15) is 4.79 Å². The lowest BCUT2D eigenvalue weighted by atomic mass is 9.90. The van der Waals surface area contributed by atoms with E-state index < -0.39 is 0 Å². The Morgan fingerprint density at radius 3 is 2.50 bits per heavy atom. The topological polar surface area (TPSA) is 32.3 Å². The predicted octanol–water partition coefficient (Wildman–Crippen LogP) is 4.59. The Balaban J connectivity index is 1.40. The maximum Gasteiger partial charge on any atom is 0.224 e. The number of carbonyl (C=O) groups excluding carboxylic acids is 1. The second kappa shape index (κ2) is 8.88. The number of hydrogen-bond donors (Lipinski definition) is 1. The van der Waals surface area contributed by atoms with Crippen molar-refractivity contribution in [3.8, 4) is 0 Å². The summed E-state index contributed by atoms with van der Waals surface area (Å²) in [5.41, 5.74) is 5.10. The number of likely N-dealkylation sites (tertiary alicyclic amines) is 1. The Hall–Kier alpha value is -2.29. The van der Waals surface area contributed by atoms with Crippen LogP contribution in [0.1, 0.15) is 36.0 Å². The molecule has 2 aromatic rings. The molecule has 26 heavy (non-hydrogen) atoms. The molecular weight excluding hydrogens is 320 g/mol. The summed E-state index contributed by atoms with van der Waals surface area (Å²) in [6.45, 7) is 6.74. The highest BCUT2D eigenvalue weighted by Crippen LogP contribution is 2.22. The molecule has 0 saturated carbocycles. The molecule has 0 bridgehead atoms. The standard InChI is InChI=1S/C23H30N2O/c1-18-7-6-10-22(19(18)2)24-14-11-23(26)25-15-12-21(13-16-25)17-20-8-4-3-5-9-20/h3-10,21,24H,11-17H2,1-2H3. The van der Waals surface area contributed by atoms with E-state index in [1.165, 1.54) is 16.7 Å². The minimum atomic E-state index is 0.279. The fourth-order valence-corrected chi connectivity index (χ4v) is 3.74. The first-order valence-corrected chi connectivity index (χ1v) is 9.75. The number of piperidine rings is 1. The Morgan fingerprint density at radius 1 is 1.04 bits per heavy atom. The van der Waals surface area contributed by atoms with Crippen LogP contribution in [0.25, 0.3) is 0 Å². The molecule has 0 unspecified atom stereocenters. The van der Waals surface area contributed by atoms with Gasteiger partial charge in [-0.3, -0.25) is 4.79 Å². The molecule has 1 aliphatic heterocycles. The number of rotatable bonds is 6. The molecule has 0 radical (unpaired) electrons. The Bertz CT molecular complexity index is 718. The minimum Gasteiger partial charge on any atom is -0.384 e. The van der Waals surface area contributed by atoms with Gasteiger partial charge in [0.1, 0.15) is 0 Å². The Kier molecular flexibility index (Phi) is 6.32. The zero-order valence-electron chi connectivity index (χ0n) is 16.0. The summed E-state index contributed by atoms with van der Waals surface area (Å²) in [7, 11) is 0. The number of hydrogen-bond acceptors (Lipinski definition) is 2. The number of amides is 1. The number of carbonyl (C=O) groups is 1. The largest absolute Gasteiger partial charge is 0.384 e. The van der Waals surface area contributed by atoms with Crippen LogP contribution in [0.5, 0.6) is 0 Å². The van der Waals surface area contributed by atoms with E-state index in [4.69, 9.17) is 0 Å². The highest BCUT2D eigenvalue weighted by molar-refractivity contribution is 5.77. The van der Waals surface area contributed by atoms with Gasteiger partial charge >= 0.3 is 0 Å². The second-order valence-corrected chi connectivity index (χ2v) is 7.44. The number of nitrogens with zero attached hydrogens (tertiary/aromatic N) is 1. The van der Waals surface area contributed by atoms with Crippen molar-refractivity contribution in [1.29, 1.82) is 0 Å². The van der Waals surface area contributed by atoms with Crippen LogP contribution in [0.4, 0.5) is 5.69 Å². The number of nitrogens with one attached hydrogen (secondary N) is 1. The molecule has 0 aliphatic carbocycles. The third-order valence-corrected chi connectivity index (χ3v) is 5.59. The van der Waals surface area contributed by atoms with Crippen molar-refractivity contribution >= 4 is 11.6 Å². The van der Waals surface area contributed by atoms with Gasteiger partial charge < -0.3 is 10.2 Å². The van der Waals surface area contributed by atoms with Crippen molar-refractivity contribution in [2.75, 3.05) is 25.0 Å². The van der Waals surface area contributed by atoms with Crippen LogP contribution in [0.3, 0.4) is 0 Å². The molecule has 1 amide bonds. The van der Waals surface area contributed by atoms with Crippen molar-refractivity contribution < 1.29 is 4.79 Å². The van der Waals surface area contributed by atoms with Gasteiger partial charge in [-0.1, -0.05) is 42.5 Å². The van der Waals surface area contributed by atoms with Crippen LogP contribution in [0.2, 0.25) is 0 Å². The molecule has 1 N–H and O–H groups in total. The van der Waals surface area contributed by atoms with Gasteiger partial charge in [0, 0.05) is 31.7 Å². The van der Waals surface area contributed by atoms with Gasteiger partial charge in [0.2, 0.25) is 5.91 Å². The van der Waals surface area contributed by atoms with Gasteiger partial charge in [-0.2, -0.15) is 0 Å². The molecule has 2 aromatic carbocycles. The van der Waals surface area contributed by atoms with Crippen molar-refractivity contribution in [3.63, 3.8) is 0 Å². The SMILES string of the molecule is Cc1cccc(NCCC(=O)N2CCC(Cc3ccccc3)CC2)c1C. The summed E-state index contributed by atoms with van der Waals surface area (Å²) in [6.07, 6.45) is 3.93. The van der Waals surface area contributed by atoms with Crippen molar-refractivity contribution in [1.82, 2.24) is 4.90 Å². The molecule has 3 heteroatoms. The van der Waals surface area contributed by atoms with Crippen LogP contribution < -0.4 is 5.32 Å². The van der Waals surface area contributed by atoms with Crippen LogP contribution in [0.15, 0.2) is 48.5 Å². The first-order chi connectivity index (χ1) is 12.6. The third-order valence-electron chi connectivity index (χ3n) is 5.59. The average molecular weight is 351 g/mol. The van der Waals surface area contributed by atoms with Gasteiger partial charge in [0.25, 0.3) is 0 Å². The minimum absolute atomic E-state index is 0.279. The average Bonchev–Trinajstić information content (AvgIpc) is 2.66. The van der Waals surface area contributed by atoms with Gasteiger partial charge in [0.05, 0.1) is 0 Å². The van der Waals surface area contributed by atoms with Crippen LogP contribution in [0, 0.1) is 19.8 Å². The lowest BCUT2D eigenvalue weighted by Gasteiger charge is -2.32. The zero-order valence-corrected chi connectivity index (χ0v) is 16.0. The molecule has 1 aliphatic rings. The molecule has 0 atom stereocenters. The number of benzene rings is 2. The highest BCUT2D eigenvalue weighted by Gasteiger charge is 2.22. The first kappa shape index (κ1) is 18.5. The Labute approximate surface area is 157 Å². The van der Waals surface area contributed by atoms with Crippen molar-refractivity contribution in [2.24, 2.45) is 5.92 Å². The summed E-state index contributed by atoms with van der Waals surface area (Å²) in [4.78, 5) is 14.5. The van der Waals surface area contributed by atoms with E-state index in [1.54, 1.807) is 0 Å². The molecule has 1 saturated heterocycles. The van der Waals surface area contributed by atoms with Gasteiger partial charge in [-0.25, -0.2) is 0 Å². The summed E-state index contributed by atoms with van der Waals surface area (Å²) in [5, 5.41) is 3.42. The van der Waals surface area contributed by atoms with E-state index in [2.05, 4.69) is 67.7 Å². The molecule has 138 valence electrons. The molecule has 0 aromatic heterocycles. The maximum atomic E-state index is 12.5. The summed E-state index contributed by atoms with van der Waals surface area (Å²) >= 11 is 0. The lowest BCUT2D eigenvalue weighted by Crippen LogP contribution is -2.39. The van der Waals surface area contributed by atoms with E-state index in [1.807, 2.05) is 4.90 Å². The predicted molar refractivity (Wildman–Crippen MR) is 108 cm³/mol. The molecular formula is C23H30N2O. The molecule has 1 fully saturated rings. The first-order valence-electron chi connectivity index (χ1n) is 9.75. The normalized spacial score (nSPS) is 15.1. The highest BCUT2D eigenvalue weighted by atomic mass is 16.2. The fraction of sp³-hybridized carbons (Fsp3) is 0.435. The number of aryl methyl sites for hydroxylation is 1. The number of anilines is 1. The van der Waals surface area contributed by atoms with Crippen molar-refractivity contribution in [2.45, 2.75) is 39.5 Å². The van der Waals surface area contributed by atoms with Crippen LogP contribution >= 0.6 is 0 Å². The zero-order chi connectivity index (χ0) is 18.4. The molecule has 0 spiro atoms. The summed E-state index contributed by atoms with van der Waals surface area (Å²) in [6, 6.07) is 17.0. The lowest BCUT2D eigenvalue weighted by molar-refractivity contribution is -0.132. The van der Waals surface area contributed by atoms with E-state index in [-0.39, 0.29) is 5.91 Å². The maximum absolute atomic E-state index is 12.5. The third kappa shape index (κ3) is 4.87. The molecule has 3 rings (SSSR count). The summed E-state index contributed by atoms with van der Waals surface area (Å²) < 4.78 is 0. The van der Waals surface area contributed by atoms with Gasteiger partial charge in [-0.05, 0) is 61.8 Å². The Morgan fingerprint density at radius 2 is 1.77 bits per heavy atom. The van der Waals surface area contributed by atoms with Crippen LogP contribution in [-0.4, -0.2) is 30.4 Å². The smallest absolute Gasteiger partial charge is 0.224 e. The van der Waals surface area contributed by atoms with Crippen molar-refractivity contribution in [3.05, 3.63) is 65.2 Å². The summed E-state index contributed by atoms with van der Waals surface area (Å²) in [5.74, 6) is 0.982. The fourth-order valence-electron chi connectivity index (χ4n) is 3.74.